The van der Waals surface area contributed by atoms with Gasteiger partial charge in [-0.25, -0.2) is 4.98 Å². The molecule has 3 heterocycles. The molecule has 0 spiro atoms. The van der Waals surface area contributed by atoms with E-state index in [1.54, 1.807) is 22.8 Å². The molecule has 1 amide bonds. The van der Waals surface area contributed by atoms with Gasteiger partial charge in [-0.15, -0.1) is 0 Å². The van der Waals surface area contributed by atoms with Crippen molar-refractivity contribution >= 4 is 16.8 Å². The second-order valence-corrected chi connectivity index (χ2v) is 7.33. The van der Waals surface area contributed by atoms with Gasteiger partial charge in [0.2, 0.25) is 0 Å². The van der Waals surface area contributed by atoms with E-state index in [4.69, 9.17) is 0 Å². The van der Waals surface area contributed by atoms with Crippen molar-refractivity contribution in [3.8, 4) is 0 Å². The monoisotopic (exact) mass is 354 g/mol. The van der Waals surface area contributed by atoms with Crippen molar-refractivity contribution in [1.82, 2.24) is 19.8 Å². The summed E-state index contributed by atoms with van der Waals surface area (Å²) < 4.78 is 1.78. The van der Waals surface area contributed by atoms with Gasteiger partial charge in [0.15, 0.2) is 0 Å². The van der Waals surface area contributed by atoms with Crippen LogP contribution in [0.25, 0.3) is 10.9 Å². The summed E-state index contributed by atoms with van der Waals surface area (Å²) in [5.74, 6) is 0.755. The lowest BCUT2D eigenvalue weighted by Crippen LogP contribution is -2.29. The van der Waals surface area contributed by atoms with Crippen molar-refractivity contribution in [3.63, 3.8) is 0 Å². The van der Waals surface area contributed by atoms with E-state index >= 15 is 0 Å². The standard InChI is InChI=1S/C20H26N4O2/c25-19(21-9-5-12-23-10-3-4-11-23)15-7-8-16-17(14-15)22-18-6-1-2-13-24(18)20(16)26/h7-8,14H,1-6,9-13H2,(H,21,25). The number of fused-ring (bicyclic) bond motifs is 2. The van der Waals surface area contributed by atoms with Crippen molar-refractivity contribution in [3.05, 3.63) is 39.9 Å². The number of nitrogens with one attached hydrogen (secondary N) is 1. The molecule has 0 aliphatic carbocycles. The van der Waals surface area contributed by atoms with Crippen molar-refractivity contribution in [2.75, 3.05) is 26.2 Å². The fourth-order valence-electron chi connectivity index (χ4n) is 4.00. The van der Waals surface area contributed by atoms with Gasteiger partial charge in [0, 0.05) is 25.1 Å². The van der Waals surface area contributed by atoms with E-state index in [0.717, 1.165) is 44.6 Å². The van der Waals surface area contributed by atoms with Crippen LogP contribution in [0.15, 0.2) is 23.0 Å². The molecule has 0 radical (unpaired) electrons. The second kappa shape index (κ2) is 7.58. The van der Waals surface area contributed by atoms with Crippen LogP contribution >= 0.6 is 0 Å². The number of nitrogens with zero attached hydrogens (tertiary/aromatic N) is 3. The molecular formula is C20H26N4O2. The predicted octanol–water partition coefficient (Wildman–Crippen LogP) is 1.95. The van der Waals surface area contributed by atoms with E-state index in [2.05, 4.69) is 15.2 Å². The first-order valence-corrected chi connectivity index (χ1v) is 9.76. The molecule has 4 rings (SSSR count). The highest BCUT2D eigenvalue weighted by atomic mass is 16.1. The number of hydrogen-bond donors (Lipinski definition) is 1. The smallest absolute Gasteiger partial charge is 0.261 e. The summed E-state index contributed by atoms with van der Waals surface area (Å²) in [4.78, 5) is 32.1. The number of aryl methyl sites for hydroxylation is 1. The van der Waals surface area contributed by atoms with Gasteiger partial charge < -0.3 is 10.2 Å². The molecule has 0 unspecified atom stereocenters. The molecule has 1 saturated heterocycles. The fraction of sp³-hybridized carbons (Fsp3) is 0.550. The van der Waals surface area contributed by atoms with Crippen LogP contribution in [-0.2, 0) is 13.0 Å². The zero-order valence-corrected chi connectivity index (χ0v) is 15.2. The van der Waals surface area contributed by atoms with E-state index in [1.165, 1.54) is 25.9 Å². The molecule has 2 aliphatic heterocycles. The highest BCUT2D eigenvalue weighted by Gasteiger charge is 2.16. The third-order valence-electron chi connectivity index (χ3n) is 5.46. The molecule has 2 aromatic rings. The van der Waals surface area contributed by atoms with Crippen molar-refractivity contribution in [2.45, 2.75) is 45.1 Å². The summed E-state index contributed by atoms with van der Waals surface area (Å²) in [5, 5.41) is 3.59. The highest BCUT2D eigenvalue weighted by Crippen LogP contribution is 2.16. The molecule has 0 atom stereocenters. The molecule has 1 aromatic heterocycles. The maximum absolute atomic E-state index is 12.6. The lowest BCUT2D eigenvalue weighted by molar-refractivity contribution is 0.0952. The first-order valence-electron chi connectivity index (χ1n) is 9.76. The zero-order valence-electron chi connectivity index (χ0n) is 15.2. The number of benzene rings is 1. The third kappa shape index (κ3) is 3.51. The van der Waals surface area contributed by atoms with Gasteiger partial charge in [-0.05, 0) is 69.9 Å². The average Bonchev–Trinajstić information content (AvgIpc) is 3.18. The minimum Gasteiger partial charge on any atom is -0.352 e. The summed E-state index contributed by atoms with van der Waals surface area (Å²) >= 11 is 0. The maximum Gasteiger partial charge on any atom is 0.261 e. The summed E-state index contributed by atoms with van der Waals surface area (Å²) in [5.41, 5.74) is 1.22. The predicted molar refractivity (Wildman–Crippen MR) is 102 cm³/mol. The Balaban J connectivity index is 1.44. The Kier molecular flexibility index (Phi) is 5.02. The van der Waals surface area contributed by atoms with Gasteiger partial charge >= 0.3 is 0 Å². The number of rotatable bonds is 5. The lowest BCUT2D eigenvalue weighted by atomic mass is 10.1. The molecule has 6 heteroatoms. The topological polar surface area (TPSA) is 67.2 Å². The van der Waals surface area contributed by atoms with Crippen molar-refractivity contribution in [2.24, 2.45) is 0 Å². The van der Waals surface area contributed by atoms with Gasteiger partial charge in [0.25, 0.3) is 11.5 Å². The Labute approximate surface area is 153 Å². The summed E-state index contributed by atoms with van der Waals surface area (Å²) in [6.45, 7) is 4.83. The Morgan fingerprint density at radius 2 is 1.92 bits per heavy atom. The average molecular weight is 354 g/mol. The van der Waals surface area contributed by atoms with Gasteiger partial charge in [-0.2, -0.15) is 0 Å². The van der Waals surface area contributed by atoms with Gasteiger partial charge in [0.05, 0.1) is 10.9 Å². The third-order valence-corrected chi connectivity index (χ3v) is 5.46. The molecule has 1 aromatic carbocycles. The van der Waals surface area contributed by atoms with E-state index in [0.29, 0.717) is 23.0 Å². The first kappa shape index (κ1) is 17.2. The summed E-state index contributed by atoms with van der Waals surface area (Å²) in [7, 11) is 0. The zero-order chi connectivity index (χ0) is 17.9. The SMILES string of the molecule is O=C(NCCCN1CCCC1)c1ccc2c(=O)n3c(nc2c1)CCCC3. The minimum absolute atomic E-state index is 0.0160. The van der Waals surface area contributed by atoms with E-state index < -0.39 is 0 Å². The molecular weight excluding hydrogens is 328 g/mol. The number of carbonyl (C=O) groups is 1. The van der Waals surface area contributed by atoms with Crippen molar-refractivity contribution < 1.29 is 4.79 Å². The number of hydrogen-bond acceptors (Lipinski definition) is 4. The van der Waals surface area contributed by atoms with Crippen LogP contribution in [0, 0.1) is 0 Å². The summed E-state index contributed by atoms with van der Waals surface area (Å²) in [6, 6.07) is 5.23. The second-order valence-electron chi connectivity index (χ2n) is 7.33. The molecule has 138 valence electrons. The van der Waals surface area contributed by atoms with Crippen LogP contribution in [0.2, 0.25) is 0 Å². The van der Waals surface area contributed by atoms with Crippen LogP contribution in [-0.4, -0.2) is 46.5 Å². The number of carbonyl (C=O) groups excluding carboxylic acids is 1. The van der Waals surface area contributed by atoms with E-state index in [9.17, 15) is 9.59 Å². The Morgan fingerprint density at radius 3 is 2.77 bits per heavy atom. The number of aromatic nitrogens is 2. The lowest BCUT2D eigenvalue weighted by Gasteiger charge is -2.18. The van der Waals surface area contributed by atoms with E-state index in [-0.39, 0.29) is 11.5 Å². The molecule has 1 N–H and O–H groups in total. The van der Waals surface area contributed by atoms with Crippen LogP contribution < -0.4 is 10.9 Å². The van der Waals surface area contributed by atoms with E-state index in [1.807, 2.05) is 0 Å². The van der Waals surface area contributed by atoms with Crippen molar-refractivity contribution in [1.29, 1.82) is 0 Å². The van der Waals surface area contributed by atoms with Crippen LogP contribution in [0.1, 0.15) is 48.3 Å². The minimum atomic E-state index is -0.0899. The fourth-order valence-corrected chi connectivity index (χ4v) is 4.00. The molecule has 0 saturated carbocycles. The van der Waals surface area contributed by atoms with Gasteiger partial charge in [0.1, 0.15) is 5.82 Å². The molecule has 26 heavy (non-hydrogen) atoms. The summed E-state index contributed by atoms with van der Waals surface area (Å²) in [6.07, 6.45) is 6.47. The highest BCUT2D eigenvalue weighted by molar-refractivity contribution is 5.97. The van der Waals surface area contributed by atoms with Crippen LogP contribution in [0.5, 0.6) is 0 Å². The number of likely N-dealkylation sites (tertiary alicyclic amines) is 1. The van der Waals surface area contributed by atoms with Crippen LogP contribution in [0.4, 0.5) is 0 Å². The normalized spacial score (nSPS) is 17.4. The molecule has 2 aliphatic rings. The van der Waals surface area contributed by atoms with Gasteiger partial charge in [-0.3, -0.25) is 14.2 Å². The quantitative estimate of drug-likeness (QED) is 0.834. The first-order chi connectivity index (χ1) is 12.7. The Hall–Kier alpha value is -2.21. The Bertz CT molecular complexity index is 868. The van der Waals surface area contributed by atoms with Gasteiger partial charge in [-0.1, -0.05) is 0 Å². The largest absolute Gasteiger partial charge is 0.352 e. The van der Waals surface area contributed by atoms with Crippen LogP contribution in [0.3, 0.4) is 0 Å². The number of amides is 1. The molecule has 6 nitrogen and oxygen atoms in total. The molecule has 1 fully saturated rings. The maximum atomic E-state index is 12.6. The molecule has 0 bridgehead atoms. The Morgan fingerprint density at radius 1 is 1.12 bits per heavy atom.